The summed E-state index contributed by atoms with van der Waals surface area (Å²) >= 11 is 0. The van der Waals surface area contributed by atoms with Crippen LogP contribution in [0, 0.1) is 0 Å². The number of hydrogen-bond acceptors (Lipinski definition) is 0. The molecule has 0 spiro atoms. The number of unbranched alkanes of at least 4 members (excludes halogenated alkanes) is 6. The molecule has 0 bridgehead atoms. The van der Waals surface area contributed by atoms with E-state index in [0.717, 1.165) is 0 Å². The molecule has 1 rings (SSSR count). The summed E-state index contributed by atoms with van der Waals surface area (Å²) < 4.78 is 0. The van der Waals surface area contributed by atoms with E-state index in [-0.39, 0.29) is 24.8 Å². The molecule has 3 heteroatoms. The Balaban J connectivity index is 0. The Morgan fingerprint density at radius 2 is 1.20 bits per heavy atom. The molecule has 0 aliphatic heterocycles. The van der Waals surface area contributed by atoms with E-state index >= 15 is 0 Å². The molecule has 20 heavy (non-hydrogen) atoms. The van der Waals surface area contributed by atoms with E-state index in [1.54, 1.807) is 4.90 Å². The Bertz CT molecular complexity index is 288. The Labute approximate surface area is 138 Å². The molecule has 1 aromatic rings. The third-order valence-electron chi connectivity index (χ3n) is 3.49. The summed E-state index contributed by atoms with van der Waals surface area (Å²) in [6.45, 7) is 1.33. The Morgan fingerprint density at radius 3 is 1.75 bits per heavy atom. The van der Waals surface area contributed by atoms with E-state index in [1.807, 2.05) is 0 Å². The molecule has 0 saturated heterocycles. The number of quaternary nitrogens is 1. The summed E-state index contributed by atoms with van der Waals surface area (Å²) in [5.41, 5.74) is 1.49. The van der Waals surface area contributed by atoms with E-state index in [4.69, 9.17) is 0 Å². The van der Waals surface area contributed by atoms with E-state index in [1.165, 1.54) is 63.5 Å². The van der Waals surface area contributed by atoms with Crippen LogP contribution in [-0.2, 0) is 6.42 Å². The number of halogens is 2. The van der Waals surface area contributed by atoms with Crippen LogP contribution in [-0.4, -0.2) is 20.6 Å². The maximum atomic E-state index is 2.24. The highest BCUT2D eigenvalue weighted by Crippen LogP contribution is 2.10. The van der Waals surface area contributed by atoms with Gasteiger partial charge in [-0.05, 0) is 31.2 Å². The molecule has 1 nitrogen and oxygen atoms in total. The van der Waals surface area contributed by atoms with Gasteiger partial charge in [0.25, 0.3) is 0 Å². The first kappa shape index (κ1) is 22.0. The fourth-order valence-corrected chi connectivity index (χ4v) is 2.34. The third kappa shape index (κ3) is 12.8. The molecular weight excluding hydrogens is 289 g/mol. The normalized spacial score (nSPS) is 9.95. The molecule has 0 aliphatic rings. The van der Waals surface area contributed by atoms with Crippen LogP contribution in [0.1, 0.15) is 50.5 Å². The van der Waals surface area contributed by atoms with Gasteiger partial charge >= 0.3 is 0 Å². The summed E-state index contributed by atoms with van der Waals surface area (Å²) in [5, 5.41) is 0. The van der Waals surface area contributed by atoms with Crippen LogP contribution >= 0.6 is 0 Å². The monoisotopic (exact) mass is 318 g/mol. The lowest BCUT2D eigenvalue weighted by Gasteiger charge is -2.06. The molecule has 0 amide bonds. The molecule has 0 aliphatic carbocycles. The van der Waals surface area contributed by atoms with Crippen LogP contribution in [0.4, 0.5) is 0 Å². The van der Waals surface area contributed by atoms with Gasteiger partial charge in [-0.2, -0.15) is 0 Å². The maximum absolute atomic E-state index is 2.24. The Hall–Kier alpha value is -0.240. The van der Waals surface area contributed by atoms with Gasteiger partial charge in [0.05, 0.1) is 20.6 Å². The maximum Gasteiger partial charge on any atom is 0.0766 e. The van der Waals surface area contributed by atoms with Crippen LogP contribution in [0.5, 0.6) is 0 Å². The second-order valence-corrected chi connectivity index (χ2v) is 5.67. The van der Waals surface area contributed by atoms with Crippen molar-refractivity contribution in [2.24, 2.45) is 0 Å². The molecule has 0 aromatic heterocycles. The summed E-state index contributed by atoms with van der Waals surface area (Å²) in [6.07, 6.45) is 11.1. The fourth-order valence-electron chi connectivity index (χ4n) is 2.34. The van der Waals surface area contributed by atoms with Gasteiger partial charge in [0.15, 0.2) is 0 Å². The van der Waals surface area contributed by atoms with Gasteiger partial charge in [-0.25, -0.2) is 0 Å². The molecule has 1 aromatic carbocycles. The van der Waals surface area contributed by atoms with Gasteiger partial charge in [-0.3, -0.25) is 0 Å². The van der Waals surface area contributed by atoms with Crippen molar-refractivity contribution in [3.05, 3.63) is 35.9 Å². The summed E-state index contributed by atoms with van der Waals surface area (Å²) in [6, 6.07) is 10.9. The number of nitrogens with one attached hydrogen (secondary N) is 1. The minimum Gasteiger partial charge on any atom is -1.00 e. The lowest BCUT2D eigenvalue weighted by molar-refractivity contribution is -0.858. The molecule has 118 valence electrons. The molecule has 0 atom stereocenters. The first-order chi connectivity index (χ1) is 8.79. The van der Waals surface area contributed by atoms with Gasteiger partial charge in [0.2, 0.25) is 0 Å². The highest BCUT2D eigenvalue weighted by molar-refractivity contribution is 5.14. The molecule has 1 N–H and O–H groups in total. The van der Waals surface area contributed by atoms with Crippen molar-refractivity contribution in [1.82, 2.24) is 0 Å². The second kappa shape index (κ2) is 15.2. The third-order valence-corrected chi connectivity index (χ3v) is 3.49. The predicted octanol–water partition coefficient (Wildman–Crippen LogP) is -2.89. The van der Waals surface area contributed by atoms with Crippen LogP contribution in [0.2, 0.25) is 0 Å². The van der Waals surface area contributed by atoms with Crippen molar-refractivity contribution >= 4 is 0 Å². The standard InChI is InChI=1S/C17H29N.2ClH/c1-18(2)16-12-7-5-3-4-6-9-13-17-14-10-8-11-15-17;;/h8,10-11,14-15H,3-7,9,12-13,16H2,1-2H3;2*1H/p-1. The quantitative estimate of drug-likeness (QED) is 0.442. The molecule has 0 fully saturated rings. The highest BCUT2D eigenvalue weighted by Gasteiger charge is 1.95. The Morgan fingerprint density at radius 1 is 0.700 bits per heavy atom. The highest BCUT2D eigenvalue weighted by atomic mass is 35.5. The van der Waals surface area contributed by atoms with Crippen LogP contribution in [0.3, 0.4) is 0 Å². The fraction of sp³-hybridized carbons (Fsp3) is 0.647. The van der Waals surface area contributed by atoms with E-state index in [9.17, 15) is 0 Å². The first-order valence-corrected chi connectivity index (χ1v) is 7.62. The van der Waals surface area contributed by atoms with E-state index in [0.29, 0.717) is 0 Å². The minimum absolute atomic E-state index is 0. The summed E-state index contributed by atoms with van der Waals surface area (Å²) in [7, 11) is 4.48. The van der Waals surface area contributed by atoms with E-state index in [2.05, 4.69) is 44.4 Å². The zero-order chi connectivity index (χ0) is 13.1. The Kier molecular flexibility index (Phi) is 16.7. The number of rotatable bonds is 10. The van der Waals surface area contributed by atoms with Crippen molar-refractivity contribution in [2.45, 2.75) is 51.4 Å². The average Bonchev–Trinajstić information content (AvgIpc) is 2.37. The molecule has 0 unspecified atom stereocenters. The topological polar surface area (TPSA) is 4.44 Å². The lowest BCUT2D eigenvalue weighted by atomic mass is 10.0. The van der Waals surface area contributed by atoms with Crippen molar-refractivity contribution in [3.8, 4) is 0 Å². The second-order valence-electron chi connectivity index (χ2n) is 5.67. The van der Waals surface area contributed by atoms with Gasteiger partial charge in [0.1, 0.15) is 0 Å². The van der Waals surface area contributed by atoms with Crippen molar-refractivity contribution < 1.29 is 29.7 Å². The largest absolute Gasteiger partial charge is 1.00 e. The van der Waals surface area contributed by atoms with Crippen LogP contribution in [0.15, 0.2) is 30.3 Å². The minimum atomic E-state index is 0. The average molecular weight is 319 g/mol. The molecule has 0 heterocycles. The number of hydrogen-bond donors (Lipinski definition) is 1. The van der Waals surface area contributed by atoms with E-state index < -0.39 is 0 Å². The van der Waals surface area contributed by atoms with Gasteiger partial charge in [0, 0.05) is 0 Å². The van der Waals surface area contributed by atoms with Crippen molar-refractivity contribution in [1.29, 1.82) is 0 Å². The summed E-state index contributed by atoms with van der Waals surface area (Å²) in [5.74, 6) is 0. The zero-order valence-corrected chi connectivity index (χ0v) is 14.5. The number of benzene rings is 1. The lowest BCUT2D eigenvalue weighted by Crippen LogP contribution is -3.05. The number of aryl methyl sites for hydroxylation is 1. The molecule has 0 saturated carbocycles. The van der Waals surface area contributed by atoms with Crippen LogP contribution in [0.25, 0.3) is 0 Å². The first-order valence-electron chi connectivity index (χ1n) is 7.62. The van der Waals surface area contributed by atoms with Gasteiger partial charge < -0.3 is 29.7 Å². The zero-order valence-electron chi connectivity index (χ0n) is 13.0. The van der Waals surface area contributed by atoms with Crippen molar-refractivity contribution in [3.63, 3.8) is 0 Å². The van der Waals surface area contributed by atoms with Gasteiger partial charge in [-0.1, -0.05) is 56.0 Å². The SMILES string of the molecule is C[NH+](C)CCCCCCCCCc1ccccc1.[Cl-].[Cl-]. The predicted molar refractivity (Wildman–Crippen MR) is 80.1 cm³/mol. The van der Waals surface area contributed by atoms with Crippen LogP contribution < -0.4 is 29.7 Å². The summed E-state index contributed by atoms with van der Waals surface area (Å²) in [4.78, 5) is 1.58. The smallest absolute Gasteiger partial charge is 0.0766 e. The molecule has 0 radical (unpaired) electrons. The molecular formula is C17H30Cl2N-. The van der Waals surface area contributed by atoms with Gasteiger partial charge in [-0.15, -0.1) is 0 Å². The van der Waals surface area contributed by atoms with Crippen molar-refractivity contribution in [2.75, 3.05) is 20.6 Å².